The van der Waals surface area contributed by atoms with E-state index in [1.807, 2.05) is 26.1 Å². The average Bonchev–Trinajstić information content (AvgIpc) is 2.29. The number of halogens is 2. The van der Waals surface area contributed by atoms with Crippen LogP contribution in [0.25, 0.3) is 0 Å². The Morgan fingerprint density at radius 3 is 2.65 bits per heavy atom. The van der Waals surface area contributed by atoms with Gasteiger partial charge >= 0.3 is 0 Å². The summed E-state index contributed by atoms with van der Waals surface area (Å²) in [6.07, 6.45) is 3.43. The first-order valence-corrected chi connectivity index (χ1v) is 5.08. The highest BCUT2D eigenvalue weighted by atomic mass is 35.5. The molecule has 0 aliphatic carbocycles. The summed E-state index contributed by atoms with van der Waals surface area (Å²) in [4.78, 5) is 15.6. The molecule has 1 rings (SSSR count). The van der Waals surface area contributed by atoms with Crippen LogP contribution in [0.2, 0.25) is 0 Å². The number of hydrogen-bond acceptors (Lipinski definition) is 3. The molecule has 1 atom stereocenters. The zero-order valence-electron chi connectivity index (χ0n) is 9.97. The van der Waals surface area contributed by atoms with Crippen LogP contribution in [-0.4, -0.2) is 31.0 Å². The zero-order valence-corrected chi connectivity index (χ0v) is 11.6. The molecule has 1 heterocycles. The Kier molecular flexibility index (Phi) is 11.2. The second kappa shape index (κ2) is 10.3. The Hall–Kier alpha value is -0.840. The van der Waals surface area contributed by atoms with Gasteiger partial charge in [-0.25, -0.2) is 0 Å². The Morgan fingerprint density at radius 1 is 1.41 bits per heavy atom. The van der Waals surface area contributed by atoms with Crippen LogP contribution in [-0.2, 0) is 4.79 Å². The number of likely N-dealkylation sites (N-methyl/N-ethyl adjacent to an activating group) is 1. The van der Waals surface area contributed by atoms with Crippen molar-refractivity contribution in [2.45, 2.75) is 12.8 Å². The number of aromatic nitrogens is 1. The van der Waals surface area contributed by atoms with Crippen LogP contribution in [0, 0.1) is 0 Å². The van der Waals surface area contributed by atoms with Crippen LogP contribution in [0.5, 0.6) is 0 Å². The second-order valence-corrected chi connectivity index (χ2v) is 3.40. The molecule has 0 spiro atoms. The minimum Gasteiger partial charge on any atom is -0.354 e. The molecule has 2 N–H and O–H groups in total. The fraction of sp³-hybridized carbons (Fsp3) is 0.455. The summed E-state index contributed by atoms with van der Waals surface area (Å²) in [5.41, 5.74) is 0.944. The highest BCUT2D eigenvalue weighted by Crippen LogP contribution is 2.12. The maximum atomic E-state index is 11.7. The predicted octanol–water partition coefficient (Wildman–Crippen LogP) is 1.36. The first kappa shape index (κ1) is 18.5. The lowest BCUT2D eigenvalue weighted by atomic mass is 10.0. The van der Waals surface area contributed by atoms with Crippen molar-refractivity contribution in [2.24, 2.45) is 0 Å². The summed E-state index contributed by atoms with van der Waals surface area (Å²) >= 11 is 0. The number of pyridine rings is 1. The van der Waals surface area contributed by atoms with Gasteiger partial charge in [0.2, 0.25) is 5.91 Å². The van der Waals surface area contributed by atoms with Crippen molar-refractivity contribution in [2.75, 3.05) is 20.1 Å². The van der Waals surface area contributed by atoms with Gasteiger partial charge in [0, 0.05) is 25.5 Å². The molecule has 0 aliphatic rings. The van der Waals surface area contributed by atoms with Gasteiger partial charge in [0.15, 0.2) is 0 Å². The average molecular weight is 280 g/mol. The van der Waals surface area contributed by atoms with Crippen LogP contribution < -0.4 is 10.6 Å². The van der Waals surface area contributed by atoms with Crippen LogP contribution in [0.1, 0.15) is 18.4 Å². The zero-order chi connectivity index (χ0) is 11.1. The van der Waals surface area contributed by atoms with Gasteiger partial charge in [-0.05, 0) is 25.6 Å². The number of carbonyl (C=O) groups is 1. The summed E-state index contributed by atoms with van der Waals surface area (Å²) in [6, 6.07) is 3.75. The lowest BCUT2D eigenvalue weighted by Crippen LogP contribution is -2.33. The molecule has 0 saturated carbocycles. The topological polar surface area (TPSA) is 54.0 Å². The van der Waals surface area contributed by atoms with E-state index in [2.05, 4.69) is 15.6 Å². The van der Waals surface area contributed by atoms with E-state index in [0.29, 0.717) is 6.54 Å². The van der Waals surface area contributed by atoms with Crippen molar-refractivity contribution < 1.29 is 4.79 Å². The van der Waals surface area contributed by atoms with Crippen molar-refractivity contribution in [3.05, 3.63) is 30.1 Å². The molecular weight excluding hydrogens is 261 g/mol. The molecule has 0 aliphatic heterocycles. The highest BCUT2D eigenvalue weighted by molar-refractivity contribution is 5.85. The maximum Gasteiger partial charge on any atom is 0.227 e. The first-order valence-electron chi connectivity index (χ1n) is 5.08. The third kappa shape index (κ3) is 6.46. The van der Waals surface area contributed by atoms with Crippen molar-refractivity contribution in [3.8, 4) is 0 Å². The summed E-state index contributed by atoms with van der Waals surface area (Å²) in [7, 11) is 1.86. The molecule has 1 aromatic rings. The predicted molar refractivity (Wildman–Crippen MR) is 74.1 cm³/mol. The van der Waals surface area contributed by atoms with Gasteiger partial charge in [0.05, 0.1) is 5.92 Å². The summed E-state index contributed by atoms with van der Waals surface area (Å²) in [6.45, 7) is 3.32. The van der Waals surface area contributed by atoms with E-state index in [1.54, 1.807) is 12.4 Å². The van der Waals surface area contributed by atoms with E-state index in [0.717, 1.165) is 12.1 Å². The normalized spacial score (nSPS) is 10.7. The van der Waals surface area contributed by atoms with Crippen LogP contribution in [0.3, 0.4) is 0 Å². The number of amides is 1. The lowest BCUT2D eigenvalue weighted by molar-refractivity contribution is -0.122. The van der Waals surface area contributed by atoms with Gasteiger partial charge in [0.1, 0.15) is 0 Å². The van der Waals surface area contributed by atoms with Crippen LogP contribution in [0.15, 0.2) is 24.5 Å². The SMILES string of the molecule is CNCCNC(=O)C(C)c1cccnc1.Cl.Cl. The number of nitrogens with one attached hydrogen (secondary N) is 2. The Morgan fingerprint density at radius 2 is 2.12 bits per heavy atom. The van der Waals surface area contributed by atoms with Crippen LogP contribution >= 0.6 is 24.8 Å². The molecule has 1 aromatic heterocycles. The van der Waals surface area contributed by atoms with Gasteiger partial charge in [0.25, 0.3) is 0 Å². The third-order valence-corrected chi connectivity index (χ3v) is 2.25. The number of nitrogens with zero attached hydrogens (tertiary/aromatic N) is 1. The highest BCUT2D eigenvalue weighted by Gasteiger charge is 2.13. The van der Waals surface area contributed by atoms with Crippen molar-refractivity contribution in [1.29, 1.82) is 0 Å². The van der Waals surface area contributed by atoms with Crippen molar-refractivity contribution in [1.82, 2.24) is 15.6 Å². The Balaban J connectivity index is 0. The molecule has 1 amide bonds. The lowest BCUT2D eigenvalue weighted by Gasteiger charge is -2.11. The minimum absolute atomic E-state index is 0. The number of carbonyl (C=O) groups excluding carboxylic acids is 1. The molecular formula is C11H19Cl2N3O. The maximum absolute atomic E-state index is 11.7. The third-order valence-electron chi connectivity index (χ3n) is 2.25. The monoisotopic (exact) mass is 279 g/mol. The molecule has 17 heavy (non-hydrogen) atoms. The van der Waals surface area contributed by atoms with E-state index in [-0.39, 0.29) is 36.6 Å². The van der Waals surface area contributed by atoms with Gasteiger partial charge in [-0.1, -0.05) is 6.07 Å². The van der Waals surface area contributed by atoms with E-state index in [1.165, 1.54) is 0 Å². The fourth-order valence-corrected chi connectivity index (χ4v) is 1.25. The molecule has 0 fully saturated rings. The summed E-state index contributed by atoms with van der Waals surface area (Å²) in [5, 5.41) is 5.83. The second-order valence-electron chi connectivity index (χ2n) is 3.40. The number of rotatable bonds is 5. The molecule has 4 nitrogen and oxygen atoms in total. The first-order chi connectivity index (χ1) is 7.25. The molecule has 6 heteroatoms. The quantitative estimate of drug-likeness (QED) is 0.801. The van der Waals surface area contributed by atoms with Crippen molar-refractivity contribution >= 4 is 30.7 Å². The molecule has 1 unspecified atom stereocenters. The van der Waals surface area contributed by atoms with Gasteiger partial charge in [-0.3, -0.25) is 9.78 Å². The molecule has 0 aromatic carbocycles. The molecule has 0 saturated heterocycles. The summed E-state index contributed by atoms with van der Waals surface area (Å²) in [5.74, 6) is -0.103. The van der Waals surface area contributed by atoms with Gasteiger partial charge in [-0.2, -0.15) is 0 Å². The van der Waals surface area contributed by atoms with Crippen molar-refractivity contribution in [3.63, 3.8) is 0 Å². The van der Waals surface area contributed by atoms with Gasteiger partial charge in [-0.15, -0.1) is 24.8 Å². The molecule has 0 radical (unpaired) electrons. The molecule has 0 bridgehead atoms. The van der Waals surface area contributed by atoms with E-state index >= 15 is 0 Å². The largest absolute Gasteiger partial charge is 0.354 e. The Bertz CT molecular complexity index is 309. The minimum atomic E-state index is -0.143. The van der Waals surface area contributed by atoms with E-state index < -0.39 is 0 Å². The standard InChI is InChI=1S/C11H17N3O.2ClH/c1-9(10-4-3-5-13-8-10)11(15)14-7-6-12-2;;/h3-5,8-9,12H,6-7H2,1-2H3,(H,14,15);2*1H. The Labute approximate surface area is 114 Å². The smallest absolute Gasteiger partial charge is 0.227 e. The van der Waals surface area contributed by atoms with E-state index in [4.69, 9.17) is 0 Å². The number of hydrogen-bond donors (Lipinski definition) is 2. The summed E-state index contributed by atoms with van der Waals surface area (Å²) < 4.78 is 0. The van der Waals surface area contributed by atoms with Crippen LogP contribution in [0.4, 0.5) is 0 Å². The van der Waals surface area contributed by atoms with E-state index in [9.17, 15) is 4.79 Å². The molecule has 98 valence electrons. The van der Waals surface area contributed by atoms with Gasteiger partial charge < -0.3 is 10.6 Å². The fourth-order valence-electron chi connectivity index (χ4n) is 1.25.